The maximum atomic E-state index is 12.4. The molecule has 0 aromatic heterocycles. The summed E-state index contributed by atoms with van der Waals surface area (Å²) >= 11 is 6.02. The van der Waals surface area contributed by atoms with Crippen LogP contribution in [0.25, 0.3) is 0 Å². The third-order valence-corrected chi connectivity index (χ3v) is 6.52. The van der Waals surface area contributed by atoms with Gasteiger partial charge in [0.25, 0.3) is 0 Å². The average Bonchev–Trinajstić information content (AvgIpc) is 2.62. The molecule has 0 aliphatic carbocycles. The minimum atomic E-state index is 0.0988. The van der Waals surface area contributed by atoms with E-state index in [1.54, 1.807) is 0 Å². The molecule has 1 aromatic rings. The maximum Gasteiger partial charge on any atom is 0.224 e. The molecule has 3 fully saturated rings. The van der Waals surface area contributed by atoms with Gasteiger partial charge in [-0.3, -0.25) is 9.69 Å². The van der Waals surface area contributed by atoms with Crippen LogP contribution in [0.4, 0.5) is 0 Å². The Labute approximate surface area is 155 Å². The zero-order valence-corrected chi connectivity index (χ0v) is 15.5. The molecular formula is C20H28ClN3O. The lowest BCUT2D eigenvalue weighted by molar-refractivity contribution is -0.121. The predicted octanol–water partition coefficient (Wildman–Crippen LogP) is 2.46. The lowest BCUT2D eigenvalue weighted by Gasteiger charge is -2.55. The van der Waals surface area contributed by atoms with Crippen LogP contribution in [0, 0.1) is 11.8 Å². The van der Waals surface area contributed by atoms with E-state index in [-0.39, 0.29) is 5.91 Å². The summed E-state index contributed by atoms with van der Waals surface area (Å²) in [6, 6.07) is 8.78. The third kappa shape index (κ3) is 3.86. The van der Waals surface area contributed by atoms with E-state index in [2.05, 4.69) is 15.5 Å². The average molecular weight is 362 g/mol. The molecule has 4 atom stereocenters. The van der Waals surface area contributed by atoms with Crippen molar-refractivity contribution in [2.75, 3.05) is 26.2 Å². The Kier molecular flexibility index (Phi) is 5.30. The topological polar surface area (TPSA) is 44.4 Å². The second-order valence-corrected chi connectivity index (χ2v) is 8.33. The van der Waals surface area contributed by atoms with Gasteiger partial charge in [-0.25, -0.2) is 0 Å². The summed E-state index contributed by atoms with van der Waals surface area (Å²) < 4.78 is 0. The lowest BCUT2D eigenvalue weighted by Crippen LogP contribution is -2.65. The smallest absolute Gasteiger partial charge is 0.224 e. The van der Waals surface area contributed by atoms with Crippen LogP contribution >= 0.6 is 11.6 Å². The zero-order chi connectivity index (χ0) is 17.2. The number of piperidine rings is 3. The first-order valence-electron chi connectivity index (χ1n) is 9.68. The molecule has 4 rings (SSSR count). The van der Waals surface area contributed by atoms with E-state index in [1.165, 1.54) is 38.8 Å². The van der Waals surface area contributed by atoms with E-state index in [4.69, 9.17) is 11.6 Å². The molecule has 3 saturated heterocycles. The van der Waals surface area contributed by atoms with Crippen molar-refractivity contribution in [3.05, 3.63) is 34.9 Å². The summed E-state index contributed by atoms with van der Waals surface area (Å²) in [5.74, 6) is 1.57. The van der Waals surface area contributed by atoms with Crippen molar-refractivity contribution in [3.8, 4) is 0 Å². The van der Waals surface area contributed by atoms with Gasteiger partial charge in [0.1, 0.15) is 0 Å². The highest BCUT2D eigenvalue weighted by molar-refractivity contribution is 6.30. The number of hydrogen-bond donors (Lipinski definition) is 2. The molecule has 1 amide bonds. The molecule has 3 aliphatic heterocycles. The first-order valence-corrected chi connectivity index (χ1v) is 10.1. The third-order valence-electron chi connectivity index (χ3n) is 6.29. The molecule has 2 N–H and O–H groups in total. The van der Waals surface area contributed by atoms with Gasteiger partial charge in [0.2, 0.25) is 5.91 Å². The second kappa shape index (κ2) is 7.65. The molecule has 0 unspecified atom stereocenters. The number of nitrogens with zero attached hydrogens (tertiary/aromatic N) is 1. The number of carbonyl (C=O) groups is 1. The summed E-state index contributed by atoms with van der Waals surface area (Å²) in [5, 5.41) is 7.52. The number of carbonyl (C=O) groups excluding carboxylic acids is 1. The van der Waals surface area contributed by atoms with E-state index >= 15 is 0 Å². The number of nitrogens with one attached hydrogen (secondary N) is 2. The highest BCUT2D eigenvalue weighted by Crippen LogP contribution is 2.38. The SMILES string of the molecule is O=C(Cc1cccc(Cl)c1)NC[C@H]1[C@@H]2CNC[C@@H](C2)[C@@H]2CCCCN21. The summed E-state index contributed by atoms with van der Waals surface area (Å²) in [6.45, 7) is 4.24. The Morgan fingerprint density at radius 2 is 2.16 bits per heavy atom. The Morgan fingerprint density at radius 3 is 3.04 bits per heavy atom. The van der Waals surface area contributed by atoms with Crippen LogP contribution in [0.5, 0.6) is 0 Å². The Morgan fingerprint density at radius 1 is 1.28 bits per heavy atom. The Balaban J connectivity index is 1.38. The normalized spacial score (nSPS) is 32.0. The molecule has 2 bridgehead atoms. The minimum absolute atomic E-state index is 0.0988. The van der Waals surface area contributed by atoms with Crippen molar-refractivity contribution in [2.24, 2.45) is 11.8 Å². The molecule has 0 radical (unpaired) electrons. The first-order chi connectivity index (χ1) is 12.2. The summed E-state index contributed by atoms with van der Waals surface area (Å²) in [6.07, 6.45) is 5.71. The van der Waals surface area contributed by atoms with Crippen LogP contribution in [0.2, 0.25) is 5.02 Å². The molecule has 136 valence electrons. The van der Waals surface area contributed by atoms with E-state index in [1.807, 2.05) is 24.3 Å². The number of fused-ring (bicyclic) bond motifs is 4. The monoisotopic (exact) mass is 361 g/mol. The van der Waals surface area contributed by atoms with Crippen LogP contribution in [0.1, 0.15) is 31.2 Å². The van der Waals surface area contributed by atoms with E-state index in [0.717, 1.165) is 24.6 Å². The van der Waals surface area contributed by atoms with Crippen molar-refractivity contribution >= 4 is 17.5 Å². The molecule has 1 aromatic carbocycles. The molecular weight excluding hydrogens is 334 g/mol. The van der Waals surface area contributed by atoms with Crippen molar-refractivity contribution in [3.63, 3.8) is 0 Å². The fraction of sp³-hybridized carbons (Fsp3) is 0.650. The number of amides is 1. The predicted molar refractivity (Wildman–Crippen MR) is 101 cm³/mol. The van der Waals surface area contributed by atoms with Gasteiger partial charge in [-0.1, -0.05) is 30.2 Å². The van der Waals surface area contributed by atoms with Gasteiger partial charge in [0.05, 0.1) is 6.42 Å². The number of benzene rings is 1. The van der Waals surface area contributed by atoms with Crippen molar-refractivity contribution < 1.29 is 4.79 Å². The standard InChI is InChI=1S/C20H28ClN3O/c21-17-5-3-4-14(8-17)9-20(25)23-13-19-16-10-15(11-22-12-16)18-6-1-2-7-24(18)19/h3-5,8,15-16,18-19,22H,1-2,6-7,9-13H2,(H,23,25)/t15-,16+,18+,19+/m1/s1. The van der Waals surface area contributed by atoms with Crippen molar-refractivity contribution in [1.82, 2.24) is 15.5 Å². The van der Waals surface area contributed by atoms with Gasteiger partial charge in [-0.2, -0.15) is 0 Å². The molecule has 3 aliphatic rings. The van der Waals surface area contributed by atoms with Crippen LogP contribution < -0.4 is 10.6 Å². The van der Waals surface area contributed by atoms with Gasteiger partial charge in [-0.15, -0.1) is 0 Å². The van der Waals surface area contributed by atoms with Crippen LogP contribution in [0.3, 0.4) is 0 Å². The molecule has 0 saturated carbocycles. The van der Waals surface area contributed by atoms with E-state index in [0.29, 0.717) is 29.4 Å². The number of hydrogen-bond acceptors (Lipinski definition) is 3. The van der Waals surface area contributed by atoms with E-state index < -0.39 is 0 Å². The van der Waals surface area contributed by atoms with Gasteiger partial charge in [0, 0.05) is 23.7 Å². The number of halogens is 1. The highest BCUT2D eigenvalue weighted by Gasteiger charge is 2.45. The summed E-state index contributed by atoms with van der Waals surface area (Å²) in [5.41, 5.74) is 0.976. The first kappa shape index (κ1) is 17.3. The minimum Gasteiger partial charge on any atom is -0.354 e. The zero-order valence-electron chi connectivity index (χ0n) is 14.7. The lowest BCUT2D eigenvalue weighted by atomic mass is 9.73. The number of rotatable bonds is 4. The van der Waals surface area contributed by atoms with Crippen LogP contribution in [-0.2, 0) is 11.2 Å². The molecule has 25 heavy (non-hydrogen) atoms. The van der Waals surface area contributed by atoms with Gasteiger partial charge in [-0.05, 0) is 68.4 Å². The summed E-state index contributed by atoms with van der Waals surface area (Å²) in [4.78, 5) is 15.1. The highest BCUT2D eigenvalue weighted by atomic mass is 35.5. The molecule has 4 nitrogen and oxygen atoms in total. The van der Waals surface area contributed by atoms with E-state index in [9.17, 15) is 4.79 Å². The fourth-order valence-electron chi connectivity index (χ4n) is 5.16. The Bertz CT molecular complexity index is 623. The fourth-order valence-corrected chi connectivity index (χ4v) is 5.37. The van der Waals surface area contributed by atoms with Crippen LogP contribution in [0.15, 0.2) is 24.3 Å². The summed E-state index contributed by atoms with van der Waals surface area (Å²) in [7, 11) is 0. The van der Waals surface area contributed by atoms with Gasteiger partial charge >= 0.3 is 0 Å². The molecule has 0 spiro atoms. The second-order valence-electron chi connectivity index (χ2n) is 7.89. The van der Waals surface area contributed by atoms with Crippen LogP contribution in [-0.4, -0.2) is 49.1 Å². The van der Waals surface area contributed by atoms with Gasteiger partial charge in [0.15, 0.2) is 0 Å². The largest absolute Gasteiger partial charge is 0.354 e. The maximum absolute atomic E-state index is 12.4. The van der Waals surface area contributed by atoms with Gasteiger partial charge < -0.3 is 10.6 Å². The van der Waals surface area contributed by atoms with Crippen molar-refractivity contribution in [2.45, 2.75) is 44.2 Å². The van der Waals surface area contributed by atoms with Crippen molar-refractivity contribution in [1.29, 1.82) is 0 Å². The quantitative estimate of drug-likeness (QED) is 0.865. The molecule has 3 heterocycles. The Hall–Kier alpha value is -1.10. The molecule has 5 heteroatoms.